The molecule has 1 aliphatic rings. The fourth-order valence-electron chi connectivity index (χ4n) is 1.79. The maximum absolute atomic E-state index is 11.7. The van der Waals surface area contributed by atoms with Gasteiger partial charge in [0.1, 0.15) is 0 Å². The summed E-state index contributed by atoms with van der Waals surface area (Å²) < 4.78 is 0. The summed E-state index contributed by atoms with van der Waals surface area (Å²) in [5, 5.41) is 7.92. The second kappa shape index (κ2) is 7.42. The largest absolute Gasteiger partial charge is 0.354 e. The Morgan fingerprint density at radius 1 is 0.952 bits per heavy atom. The van der Waals surface area contributed by atoms with Gasteiger partial charge in [0.2, 0.25) is 11.8 Å². The zero-order chi connectivity index (χ0) is 15.1. The number of benzene rings is 1. The van der Waals surface area contributed by atoms with E-state index in [1.807, 2.05) is 6.07 Å². The van der Waals surface area contributed by atoms with E-state index >= 15 is 0 Å². The molecule has 21 heavy (non-hydrogen) atoms. The molecule has 3 amide bonds. The molecule has 0 radical (unpaired) electrons. The molecule has 0 aromatic heterocycles. The van der Waals surface area contributed by atoms with Crippen LogP contribution in [0.1, 0.15) is 23.2 Å². The molecule has 1 fully saturated rings. The Morgan fingerprint density at radius 2 is 1.62 bits per heavy atom. The summed E-state index contributed by atoms with van der Waals surface area (Å²) in [6.07, 6.45) is 1.92. The van der Waals surface area contributed by atoms with Crippen molar-refractivity contribution in [2.45, 2.75) is 12.8 Å². The van der Waals surface area contributed by atoms with Crippen molar-refractivity contribution in [3.63, 3.8) is 0 Å². The van der Waals surface area contributed by atoms with E-state index < -0.39 is 0 Å². The van der Waals surface area contributed by atoms with E-state index in [0.717, 1.165) is 12.8 Å². The molecule has 1 aromatic carbocycles. The van der Waals surface area contributed by atoms with Crippen LogP contribution in [-0.4, -0.2) is 37.4 Å². The van der Waals surface area contributed by atoms with Gasteiger partial charge in [-0.15, -0.1) is 0 Å². The summed E-state index contributed by atoms with van der Waals surface area (Å²) in [5.41, 5.74) is 0.516. The lowest BCUT2D eigenvalue weighted by atomic mass is 10.2. The lowest BCUT2D eigenvalue weighted by molar-refractivity contribution is -0.123. The molecule has 0 bridgehead atoms. The predicted octanol–water partition coefficient (Wildman–Crippen LogP) is 0.0588. The lowest BCUT2D eigenvalue weighted by Crippen LogP contribution is -2.40. The third-order valence-corrected chi connectivity index (χ3v) is 3.14. The highest BCUT2D eigenvalue weighted by Gasteiger charge is 2.28. The van der Waals surface area contributed by atoms with Crippen molar-refractivity contribution in [3.8, 4) is 0 Å². The first kappa shape index (κ1) is 15.0. The van der Waals surface area contributed by atoms with Crippen LogP contribution in [0.5, 0.6) is 0 Å². The van der Waals surface area contributed by atoms with Gasteiger partial charge in [0.15, 0.2) is 0 Å². The monoisotopic (exact) mass is 289 g/mol. The number of hydrogen-bond acceptors (Lipinski definition) is 3. The van der Waals surface area contributed by atoms with E-state index in [1.165, 1.54) is 0 Å². The van der Waals surface area contributed by atoms with Gasteiger partial charge >= 0.3 is 0 Å². The van der Waals surface area contributed by atoms with Crippen LogP contribution in [0.3, 0.4) is 0 Å². The van der Waals surface area contributed by atoms with Crippen molar-refractivity contribution in [1.82, 2.24) is 16.0 Å². The predicted molar refractivity (Wildman–Crippen MR) is 77.5 cm³/mol. The van der Waals surface area contributed by atoms with E-state index in [2.05, 4.69) is 16.0 Å². The van der Waals surface area contributed by atoms with Gasteiger partial charge in [-0.25, -0.2) is 0 Å². The molecule has 0 unspecified atom stereocenters. The molecule has 2 rings (SSSR count). The van der Waals surface area contributed by atoms with Crippen molar-refractivity contribution < 1.29 is 14.4 Å². The Kier molecular flexibility index (Phi) is 5.31. The van der Waals surface area contributed by atoms with E-state index in [0.29, 0.717) is 18.7 Å². The summed E-state index contributed by atoms with van der Waals surface area (Å²) in [4.78, 5) is 34.6. The van der Waals surface area contributed by atoms with E-state index in [4.69, 9.17) is 0 Å². The van der Waals surface area contributed by atoms with E-state index in [9.17, 15) is 14.4 Å². The van der Waals surface area contributed by atoms with Crippen LogP contribution in [-0.2, 0) is 9.59 Å². The standard InChI is InChI=1S/C15H19N3O3/c19-13(16-8-9-17-14(20)12-6-7-12)10-18-15(21)11-4-2-1-3-5-11/h1-5,12H,6-10H2,(H,16,19)(H,17,20)(H,18,21). The SMILES string of the molecule is O=C(CNC(=O)c1ccccc1)NCCNC(=O)C1CC1. The van der Waals surface area contributed by atoms with Crippen LogP contribution in [0.2, 0.25) is 0 Å². The summed E-state index contributed by atoms with van der Waals surface area (Å²) in [5.74, 6) is -0.333. The molecule has 3 N–H and O–H groups in total. The number of carbonyl (C=O) groups is 3. The summed E-state index contributed by atoms with van der Waals surface area (Å²) in [6.45, 7) is 0.691. The number of amides is 3. The highest BCUT2D eigenvalue weighted by molar-refractivity contribution is 5.96. The molecular weight excluding hydrogens is 270 g/mol. The number of hydrogen-bond donors (Lipinski definition) is 3. The molecular formula is C15H19N3O3. The van der Waals surface area contributed by atoms with Crippen LogP contribution in [0, 0.1) is 5.92 Å². The summed E-state index contributed by atoms with van der Waals surface area (Å²) >= 11 is 0. The van der Waals surface area contributed by atoms with E-state index in [-0.39, 0.29) is 30.2 Å². The average molecular weight is 289 g/mol. The second-order valence-electron chi connectivity index (χ2n) is 4.96. The fraction of sp³-hybridized carbons (Fsp3) is 0.400. The summed E-state index contributed by atoms with van der Waals surface area (Å²) in [6, 6.07) is 8.70. The minimum absolute atomic E-state index is 0.0571. The Morgan fingerprint density at radius 3 is 2.29 bits per heavy atom. The highest BCUT2D eigenvalue weighted by atomic mass is 16.2. The fourth-order valence-corrected chi connectivity index (χ4v) is 1.79. The molecule has 0 heterocycles. The van der Waals surface area contributed by atoms with E-state index in [1.54, 1.807) is 24.3 Å². The topological polar surface area (TPSA) is 87.3 Å². The minimum Gasteiger partial charge on any atom is -0.354 e. The Labute approximate surface area is 123 Å². The van der Waals surface area contributed by atoms with Crippen LogP contribution in [0.15, 0.2) is 30.3 Å². The van der Waals surface area contributed by atoms with Crippen molar-refractivity contribution in [2.24, 2.45) is 5.92 Å². The molecule has 0 spiro atoms. The second-order valence-corrected chi connectivity index (χ2v) is 4.96. The van der Waals surface area contributed by atoms with Gasteiger partial charge in [-0.1, -0.05) is 18.2 Å². The van der Waals surface area contributed by atoms with Crippen molar-refractivity contribution in [3.05, 3.63) is 35.9 Å². The van der Waals surface area contributed by atoms with Crippen molar-refractivity contribution in [2.75, 3.05) is 19.6 Å². The Hall–Kier alpha value is -2.37. The molecule has 1 saturated carbocycles. The number of rotatable bonds is 7. The Balaban J connectivity index is 1.57. The number of carbonyl (C=O) groups excluding carboxylic acids is 3. The highest BCUT2D eigenvalue weighted by Crippen LogP contribution is 2.28. The molecule has 0 atom stereocenters. The lowest BCUT2D eigenvalue weighted by Gasteiger charge is -2.08. The average Bonchev–Trinajstić information content (AvgIpc) is 3.34. The van der Waals surface area contributed by atoms with Crippen molar-refractivity contribution in [1.29, 1.82) is 0 Å². The van der Waals surface area contributed by atoms with Gasteiger partial charge in [0.05, 0.1) is 6.54 Å². The van der Waals surface area contributed by atoms with Crippen LogP contribution >= 0.6 is 0 Å². The van der Waals surface area contributed by atoms with Crippen LogP contribution in [0.25, 0.3) is 0 Å². The molecule has 112 valence electrons. The van der Waals surface area contributed by atoms with Gasteiger partial charge in [-0.05, 0) is 25.0 Å². The molecule has 0 saturated heterocycles. The number of nitrogens with one attached hydrogen (secondary N) is 3. The zero-order valence-electron chi connectivity index (χ0n) is 11.7. The smallest absolute Gasteiger partial charge is 0.251 e. The molecule has 6 heteroatoms. The normalized spacial score (nSPS) is 13.3. The molecule has 1 aromatic rings. The first-order valence-corrected chi connectivity index (χ1v) is 7.04. The third-order valence-electron chi connectivity index (χ3n) is 3.14. The van der Waals surface area contributed by atoms with Crippen LogP contribution < -0.4 is 16.0 Å². The quantitative estimate of drug-likeness (QED) is 0.620. The minimum atomic E-state index is -0.284. The van der Waals surface area contributed by atoms with Gasteiger partial charge in [0, 0.05) is 24.6 Å². The Bertz CT molecular complexity index is 512. The molecule has 0 aliphatic heterocycles. The first-order chi connectivity index (χ1) is 10.2. The summed E-state index contributed by atoms with van der Waals surface area (Å²) in [7, 11) is 0. The first-order valence-electron chi connectivity index (χ1n) is 7.04. The molecule has 6 nitrogen and oxygen atoms in total. The van der Waals surface area contributed by atoms with Gasteiger partial charge in [-0.2, -0.15) is 0 Å². The zero-order valence-corrected chi connectivity index (χ0v) is 11.7. The van der Waals surface area contributed by atoms with Gasteiger partial charge < -0.3 is 16.0 Å². The van der Waals surface area contributed by atoms with Gasteiger partial charge in [-0.3, -0.25) is 14.4 Å². The van der Waals surface area contributed by atoms with Crippen LogP contribution in [0.4, 0.5) is 0 Å². The maximum Gasteiger partial charge on any atom is 0.251 e. The van der Waals surface area contributed by atoms with Crippen molar-refractivity contribution >= 4 is 17.7 Å². The maximum atomic E-state index is 11.7. The molecule has 1 aliphatic carbocycles. The third kappa shape index (κ3) is 5.25. The van der Waals surface area contributed by atoms with Gasteiger partial charge in [0.25, 0.3) is 5.91 Å².